The average molecular weight is 393 g/mol. The van der Waals surface area contributed by atoms with Gasteiger partial charge in [-0.1, -0.05) is 43.6 Å². The van der Waals surface area contributed by atoms with Gasteiger partial charge in [0.15, 0.2) is 0 Å². The average Bonchev–Trinajstić information content (AvgIpc) is 2.91. The molecular weight excluding hydrogens is 368 g/mol. The van der Waals surface area contributed by atoms with E-state index in [1.54, 1.807) is 0 Å². The van der Waals surface area contributed by atoms with Crippen molar-refractivity contribution in [2.45, 2.75) is 39.2 Å². The summed E-state index contributed by atoms with van der Waals surface area (Å²) in [6, 6.07) is 12.1. The normalized spacial score (nSPS) is 14.7. The van der Waals surface area contributed by atoms with Crippen LogP contribution in [-0.4, -0.2) is 32.9 Å². The van der Waals surface area contributed by atoms with Crippen molar-refractivity contribution in [3.8, 4) is 11.3 Å². The van der Waals surface area contributed by atoms with Gasteiger partial charge in [0.05, 0.1) is 5.69 Å². The fourth-order valence-corrected chi connectivity index (χ4v) is 3.80. The van der Waals surface area contributed by atoms with Crippen molar-refractivity contribution in [2.24, 2.45) is 0 Å². The maximum Gasteiger partial charge on any atom is 0.131 e. The number of hydrogen-bond acceptors (Lipinski definition) is 4. The molecule has 2 aromatic heterocycles. The summed E-state index contributed by atoms with van der Waals surface area (Å²) in [7, 11) is 0. The highest BCUT2D eigenvalue weighted by Crippen LogP contribution is 2.29. The number of halogens is 1. The highest BCUT2D eigenvalue weighted by Gasteiger charge is 2.22. The summed E-state index contributed by atoms with van der Waals surface area (Å²) in [4.78, 5) is 16.6. The summed E-state index contributed by atoms with van der Waals surface area (Å²) in [5, 5.41) is 0.746. The van der Waals surface area contributed by atoms with Gasteiger partial charge in [0, 0.05) is 66.2 Å². The maximum atomic E-state index is 6.10. The SMILES string of the molecule is CC(C)c1nc2c(c(-c3ccc(Cl)cc3)n1)CCN(Cc1cccnc1)CC2. The summed E-state index contributed by atoms with van der Waals surface area (Å²) in [5.74, 6) is 1.22. The van der Waals surface area contributed by atoms with E-state index < -0.39 is 0 Å². The van der Waals surface area contributed by atoms with Gasteiger partial charge >= 0.3 is 0 Å². The number of pyridine rings is 1. The van der Waals surface area contributed by atoms with Gasteiger partial charge in [-0.25, -0.2) is 9.97 Å². The van der Waals surface area contributed by atoms with Gasteiger partial charge in [0.1, 0.15) is 5.82 Å². The Hall–Kier alpha value is -2.30. The third-order valence-electron chi connectivity index (χ3n) is 5.22. The number of rotatable bonds is 4. The predicted octanol–water partition coefficient (Wildman–Crippen LogP) is 4.92. The first-order chi connectivity index (χ1) is 13.6. The van der Waals surface area contributed by atoms with Crippen LogP contribution < -0.4 is 0 Å². The van der Waals surface area contributed by atoms with Gasteiger partial charge in [0.25, 0.3) is 0 Å². The molecule has 0 amide bonds. The van der Waals surface area contributed by atoms with E-state index in [-0.39, 0.29) is 0 Å². The van der Waals surface area contributed by atoms with Gasteiger partial charge in [-0.05, 0) is 30.2 Å². The van der Waals surface area contributed by atoms with Crippen molar-refractivity contribution in [3.05, 3.63) is 76.5 Å². The number of hydrogen-bond donors (Lipinski definition) is 0. The molecule has 3 aromatic rings. The van der Waals surface area contributed by atoms with Gasteiger partial charge in [-0.2, -0.15) is 0 Å². The zero-order valence-corrected chi connectivity index (χ0v) is 17.2. The molecule has 0 saturated heterocycles. The third kappa shape index (κ3) is 4.23. The lowest BCUT2D eigenvalue weighted by Crippen LogP contribution is -2.26. The molecule has 0 N–H and O–H groups in total. The minimum absolute atomic E-state index is 0.297. The van der Waals surface area contributed by atoms with Crippen LogP contribution in [0.4, 0.5) is 0 Å². The van der Waals surface area contributed by atoms with E-state index in [4.69, 9.17) is 21.6 Å². The molecule has 5 heteroatoms. The highest BCUT2D eigenvalue weighted by molar-refractivity contribution is 6.30. The molecule has 0 fully saturated rings. The van der Waals surface area contributed by atoms with Crippen LogP contribution in [0, 0.1) is 0 Å². The van der Waals surface area contributed by atoms with Crippen molar-refractivity contribution < 1.29 is 0 Å². The number of benzene rings is 1. The van der Waals surface area contributed by atoms with E-state index in [9.17, 15) is 0 Å². The minimum Gasteiger partial charge on any atom is -0.298 e. The Balaban J connectivity index is 1.66. The molecule has 4 nitrogen and oxygen atoms in total. The summed E-state index contributed by atoms with van der Waals surface area (Å²) in [6.07, 6.45) is 5.67. The first-order valence-electron chi connectivity index (χ1n) is 9.87. The first kappa shape index (κ1) is 19.0. The van der Waals surface area contributed by atoms with Gasteiger partial charge in [0.2, 0.25) is 0 Å². The standard InChI is InChI=1S/C23H25ClN4/c1-16(2)23-26-21-10-13-28(15-17-4-3-11-25-14-17)12-9-20(21)22(27-23)18-5-7-19(24)8-6-18/h3-8,11,14,16H,9-10,12-13,15H2,1-2H3. The summed E-state index contributed by atoms with van der Waals surface area (Å²) >= 11 is 6.10. The van der Waals surface area contributed by atoms with Crippen LogP contribution in [0.2, 0.25) is 5.02 Å². The second-order valence-corrected chi connectivity index (χ2v) is 8.09. The molecule has 0 radical (unpaired) electrons. The number of nitrogens with zero attached hydrogens (tertiary/aromatic N) is 4. The van der Waals surface area contributed by atoms with Crippen LogP contribution >= 0.6 is 11.6 Å². The first-order valence-corrected chi connectivity index (χ1v) is 10.2. The lowest BCUT2D eigenvalue weighted by molar-refractivity contribution is 0.278. The van der Waals surface area contributed by atoms with Gasteiger partial charge in [-0.3, -0.25) is 9.88 Å². The molecule has 1 aliphatic rings. The third-order valence-corrected chi connectivity index (χ3v) is 5.47. The molecule has 0 spiro atoms. The Bertz CT molecular complexity index is 939. The zero-order valence-electron chi connectivity index (χ0n) is 16.4. The van der Waals surface area contributed by atoms with Crippen molar-refractivity contribution >= 4 is 11.6 Å². The monoisotopic (exact) mass is 392 g/mol. The van der Waals surface area contributed by atoms with Crippen LogP contribution in [-0.2, 0) is 19.4 Å². The molecule has 144 valence electrons. The quantitative estimate of drug-likeness (QED) is 0.632. The largest absolute Gasteiger partial charge is 0.298 e. The molecule has 0 bridgehead atoms. The van der Waals surface area contributed by atoms with E-state index in [1.807, 2.05) is 30.6 Å². The number of fused-ring (bicyclic) bond motifs is 1. The Morgan fingerprint density at radius 3 is 2.54 bits per heavy atom. The molecular formula is C23H25ClN4. The Morgan fingerprint density at radius 1 is 1.04 bits per heavy atom. The zero-order chi connectivity index (χ0) is 19.5. The van der Waals surface area contributed by atoms with E-state index in [0.717, 1.165) is 54.6 Å². The second kappa shape index (κ2) is 8.38. The molecule has 4 rings (SSSR count). The van der Waals surface area contributed by atoms with Crippen molar-refractivity contribution in [3.63, 3.8) is 0 Å². The Labute approximate surface area is 171 Å². The fourth-order valence-electron chi connectivity index (χ4n) is 3.68. The molecule has 28 heavy (non-hydrogen) atoms. The van der Waals surface area contributed by atoms with Crippen LogP contribution in [0.3, 0.4) is 0 Å². The van der Waals surface area contributed by atoms with Gasteiger partial charge < -0.3 is 0 Å². The van der Waals surface area contributed by atoms with E-state index in [1.165, 1.54) is 16.8 Å². The molecule has 1 aliphatic heterocycles. The Kier molecular flexibility index (Phi) is 5.69. The van der Waals surface area contributed by atoms with Crippen molar-refractivity contribution in [2.75, 3.05) is 13.1 Å². The van der Waals surface area contributed by atoms with Crippen LogP contribution in [0.1, 0.15) is 42.4 Å². The maximum absolute atomic E-state index is 6.10. The molecule has 3 heterocycles. The fraction of sp³-hybridized carbons (Fsp3) is 0.348. The van der Waals surface area contributed by atoms with Crippen molar-refractivity contribution in [1.29, 1.82) is 0 Å². The predicted molar refractivity (Wildman–Crippen MR) is 113 cm³/mol. The molecule has 0 unspecified atom stereocenters. The van der Waals surface area contributed by atoms with Crippen molar-refractivity contribution in [1.82, 2.24) is 19.9 Å². The summed E-state index contributed by atoms with van der Waals surface area (Å²) in [5.41, 5.74) is 5.90. The highest BCUT2D eigenvalue weighted by atomic mass is 35.5. The summed E-state index contributed by atoms with van der Waals surface area (Å²) < 4.78 is 0. The molecule has 0 saturated carbocycles. The number of aromatic nitrogens is 3. The van der Waals surface area contributed by atoms with Gasteiger partial charge in [-0.15, -0.1) is 0 Å². The van der Waals surface area contributed by atoms with Crippen LogP contribution in [0.25, 0.3) is 11.3 Å². The van der Waals surface area contributed by atoms with Crippen LogP contribution in [0.5, 0.6) is 0 Å². The van der Waals surface area contributed by atoms with E-state index in [0.29, 0.717) is 5.92 Å². The molecule has 0 aliphatic carbocycles. The van der Waals surface area contributed by atoms with E-state index in [2.05, 4.69) is 41.9 Å². The van der Waals surface area contributed by atoms with Crippen LogP contribution in [0.15, 0.2) is 48.8 Å². The lowest BCUT2D eigenvalue weighted by atomic mass is 10.00. The Morgan fingerprint density at radius 2 is 1.82 bits per heavy atom. The topological polar surface area (TPSA) is 41.9 Å². The second-order valence-electron chi connectivity index (χ2n) is 7.65. The smallest absolute Gasteiger partial charge is 0.131 e. The van der Waals surface area contributed by atoms with E-state index >= 15 is 0 Å². The molecule has 0 atom stereocenters. The lowest BCUT2D eigenvalue weighted by Gasteiger charge is -2.19. The molecule has 1 aromatic carbocycles. The minimum atomic E-state index is 0.297. The summed E-state index contributed by atoms with van der Waals surface area (Å²) in [6.45, 7) is 7.21.